The molecule has 0 aliphatic heterocycles. The number of rotatable bonds is 9. The van der Waals surface area contributed by atoms with E-state index in [2.05, 4.69) is 5.48 Å². The fraction of sp³-hybridized carbons (Fsp3) is 0.462. The smallest absolute Gasteiger partial charge is 0.120 e. The van der Waals surface area contributed by atoms with Crippen molar-refractivity contribution in [3.63, 3.8) is 0 Å². The van der Waals surface area contributed by atoms with E-state index in [1.807, 2.05) is 30.3 Å². The van der Waals surface area contributed by atoms with Crippen molar-refractivity contribution in [2.75, 3.05) is 13.2 Å². The second-order valence-corrected chi connectivity index (χ2v) is 3.89. The molecule has 0 bridgehead atoms. The van der Waals surface area contributed by atoms with Crippen molar-refractivity contribution in [3.8, 4) is 0 Å². The lowest BCUT2D eigenvalue weighted by Gasteiger charge is -2.12. The van der Waals surface area contributed by atoms with Crippen molar-refractivity contribution in [1.82, 2.24) is 5.48 Å². The maximum absolute atomic E-state index is 12.5. The number of benzene rings is 1. The molecule has 0 aliphatic rings. The van der Waals surface area contributed by atoms with Gasteiger partial charge in [-0.25, -0.2) is 5.48 Å². The van der Waals surface area contributed by atoms with Crippen LogP contribution >= 0.6 is 0 Å². The molecule has 1 atom stereocenters. The molecular weight excluding hydrogens is 221 g/mol. The highest BCUT2D eigenvalue weighted by molar-refractivity contribution is 5.49. The Labute approximate surface area is 101 Å². The molecule has 0 fully saturated rings. The zero-order chi connectivity index (χ0) is 12.3. The first-order valence-corrected chi connectivity index (χ1v) is 5.75. The third-order valence-corrected chi connectivity index (χ3v) is 2.47. The molecule has 1 rings (SSSR count). The van der Waals surface area contributed by atoms with Gasteiger partial charge in [0.2, 0.25) is 0 Å². The minimum atomic E-state index is -0.435. The summed E-state index contributed by atoms with van der Waals surface area (Å²) in [5.41, 5.74) is 3.80. The first-order valence-electron chi connectivity index (χ1n) is 5.75. The highest BCUT2D eigenvalue weighted by Gasteiger charge is 2.07. The molecule has 0 saturated carbocycles. The quantitative estimate of drug-likeness (QED) is 0.408. The third kappa shape index (κ3) is 6.14. The van der Waals surface area contributed by atoms with Gasteiger partial charge in [-0.15, -0.1) is 0 Å². The van der Waals surface area contributed by atoms with Gasteiger partial charge in [0.1, 0.15) is 6.29 Å². The van der Waals surface area contributed by atoms with E-state index in [0.29, 0.717) is 26.0 Å². The Balaban J connectivity index is 2.12. The lowest BCUT2D eigenvalue weighted by Crippen LogP contribution is -2.24. The van der Waals surface area contributed by atoms with Crippen LogP contribution in [-0.2, 0) is 16.2 Å². The second-order valence-electron chi connectivity index (χ2n) is 3.89. The van der Waals surface area contributed by atoms with Gasteiger partial charge in [0.25, 0.3) is 0 Å². The van der Waals surface area contributed by atoms with E-state index in [1.54, 1.807) is 0 Å². The first kappa shape index (κ1) is 13.8. The van der Waals surface area contributed by atoms with E-state index in [-0.39, 0.29) is 5.92 Å². The van der Waals surface area contributed by atoms with E-state index in [4.69, 9.17) is 4.84 Å². The van der Waals surface area contributed by atoms with E-state index < -0.39 is 6.67 Å². The van der Waals surface area contributed by atoms with Crippen molar-refractivity contribution in [2.45, 2.75) is 19.4 Å². The summed E-state index contributed by atoms with van der Waals surface area (Å²) in [5, 5.41) is 0. The van der Waals surface area contributed by atoms with Crippen LogP contribution in [0.5, 0.6) is 0 Å². The number of hydrogen-bond donors (Lipinski definition) is 1. The normalized spacial score (nSPS) is 12.3. The molecule has 4 heteroatoms. The Bertz CT molecular complexity index is 306. The van der Waals surface area contributed by atoms with Crippen molar-refractivity contribution < 1.29 is 14.0 Å². The second kappa shape index (κ2) is 8.84. The van der Waals surface area contributed by atoms with Crippen LogP contribution in [0.2, 0.25) is 0 Å². The van der Waals surface area contributed by atoms with Gasteiger partial charge in [0, 0.05) is 18.9 Å². The Hall–Kier alpha value is -1.26. The van der Waals surface area contributed by atoms with Gasteiger partial charge in [0.05, 0.1) is 13.3 Å². The monoisotopic (exact) mass is 239 g/mol. The number of halogens is 1. The lowest BCUT2D eigenvalue weighted by molar-refractivity contribution is -0.108. The molecule has 0 spiro atoms. The van der Waals surface area contributed by atoms with Gasteiger partial charge in [-0.3, -0.25) is 9.23 Å². The molecule has 3 nitrogen and oxygen atoms in total. The summed E-state index contributed by atoms with van der Waals surface area (Å²) in [7, 11) is 0. The summed E-state index contributed by atoms with van der Waals surface area (Å²) in [6.45, 7) is 0.445. The zero-order valence-corrected chi connectivity index (χ0v) is 9.77. The molecule has 94 valence electrons. The summed E-state index contributed by atoms with van der Waals surface area (Å²) in [5.74, 6) is -0.157. The Morgan fingerprint density at radius 3 is 2.76 bits per heavy atom. The molecule has 0 amide bonds. The van der Waals surface area contributed by atoms with Crippen molar-refractivity contribution in [3.05, 3.63) is 35.9 Å². The topological polar surface area (TPSA) is 38.3 Å². The minimum Gasteiger partial charge on any atom is -0.303 e. The van der Waals surface area contributed by atoms with Crippen molar-refractivity contribution >= 4 is 6.29 Å². The van der Waals surface area contributed by atoms with Gasteiger partial charge < -0.3 is 4.79 Å². The fourth-order valence-electron chi connectivity index (χ4n) is 1.42. The summed E-state index contributed by atoms with van der Waals surface area (Å²) in [6.07, 6.45) is 1.77. The summed E-state index contributed by atoms with van der Waals surface area (Å²) in [4.78, 5) is 15.4. The van der Waals surface area contributed by atoms with Gasteiger partial charge >= 0.3 is 0 Å². The molecule has 0 radical (unpaired) electrons. The number of aldehydes is 1. The maximum Gasteiger partial charge on any atom is 0.120 e. The number of hydroxylamine groups is 1. The average molecular weight is 239 g/mol. The van der Waals surface area contributed by atoms with Crippen LogP contribution < -0.4 is 5.48 Å². The van der Waals surface area contributed by atoms with Crippen LogP contribution in [0.3, 0.4) is 0 Å². The number of nitrogens with one attached hydrogen (secondary N) is 1. The van der Waals surface area contributed by atoms with Crippen LogP contribution in [0.25, 0.3) is 0 Å². The van der Waals surface area contributed by atoms with Crippen LogP contribution in [-0.4, -0.2) is 19.5 Å². The minimum absolute atomic E-state index is 0.157. The van der Waals surface area contributed by atoms with E-state index in [9.17, 15) is 9.18 Å². The molecule has 1 aromatic carbocycles. The Kier molecular flexibility index (Phi) is 7.18. The molecular formula is C13H18FNO2. The fourth-order valence-corrected chi connectivity index (χ4v) is 1.42. The predicted octanol–water partition coefficient (Wildman–Crippen LogP) is 2.27. The molecule has 0 aliphatic carbocycles. The Morgan fingerprint density at radius 1 is 1.35 bits per heavy atom. The van der Waals surface area contributed by atoms with E-state index >= 15 is 0 Å². The molecule has 0 saturated heterocycles. The summed E-state index contributed by atoms with van der Waals surface area (Å²) in [6, 6.07) is 9.73. The molecule has 17 heavy (non-hydrogen) atoms. The van der Waals surface area contributed by atoms with E-state index in [1.165, 1.54) is 0 Å². The molecule has 1 unspecified atom stereocenters. The number of carbonyl (C=O) groups is 1. The Morgan fingerprint density at radius 2 is 2.12 bits per heavy atom. The number of alkyl halides is 1. The third-order valence-electron chi connectivity index (χ3n) is 2.47. The number of hydrogen-bond acceptors (Lipinski definition) is 3. The summed E-state index contributed by atoms with van der Waals surface area (Å²) < 4.78 is 12.5. The first-order chi connectivity index (χ1) is 8.36. The van der Waals surface area contributed by atoms with Crippen molar-refractivity contribution in [2.24, 2.45) is 5.92 Å². The predicted molar refractivity (Wildman–Crippen MR) is 64.0 cm³/mol. The highest BCUT2D eigenvalue weighted by atomic mass is 19.1. The summed E-state index contributed by atoms with van der Waals surface area (Å²) >= 11 is 0. The van der Waals surface area contributed by atoms with Gasteiger partial charge in [-0.2, -0.15) is 0 Å². The van der Waals surface area contributed by atoms with Crippen LogP contribution in [0, 0.1) is 5.92 Å². The molecule has 0 aromatic heterocycles. The van der Waals surface area contributed by atoms with Crippen LogP contribution in [0.4, 0.5) is 4.39 Å². The van der Waals surface area contributed by atoms with Gasteiger partial charge in [-0.1, -0.05) is 30.3 Å². The van der Waals surface area contributed by atoms with Crippen LogP contribution in [0.15, 0.2) is 30.3 Å². The van der Waals surface area contributed by atoms with E-state index in [0.717, 1.165) is 11.8 Å². The maximum atomic E-state index is 12.5. The molecule has 1 aromatic rings. The van der Waals surface area contributed by atoms with Gasteiger partial charge in [0.15, 0.2) is 0 Å². The molecule has 1 N–H and O–H groups in total. The average Bonchev–Trinajstić information content (AvgIpc) is 2.39. The van der Waals surface area contributed by atoms with Crippen molar-refractivity contribution in [1.29, 1.82) is 0 Å². The SMILES string of the molecule is O=CCCC(CF)CNOCc1ccccc1. The van der Waals surface area contributed by atoms with Crippen LogP contribution in [0.1, 0.15) is 18.4 Å². The lowest BCUT2D eigenvalue weighted by atomic mass is 10.1. The highest BCUT2D eigenvalue weighted by Crippen LogP contribution is 2.05. The van der Waals surface area contributed by atoms with Gasteiger partial charge in [-0.05, 0) is 12.0 Å². The molecule has 0 heterocycles. The number of carbonyl (C=O) groups excluding carboxylic acids is 1. The standard InChI is InChI=1S/C13H18FNO2/c14-9-13(7-4-8-16)10-15-17-11-12-5-2-1-3-6-12/h1-3,5-6,8,13,15H,4,7,9-11H2. The largest absolute Gasteiger partial charge is 0.303 e. The zero-order valence-electron chi connectivity index (χ0n) is 9.77.